The number of rotatable bonds is 11. The Kier molecular flexibility index (Phi) is 11.0. The highest BCUT2D eigenvalue weighted by Gasteiger charge is 2.41. The summed E-state index contributed by atoms with van der Waals surface area (Å²) in [6, 6.07) is 16.9. The Morgan fingerprint density at radius 1 is 0.932 bits per heavy atom. The van der Waals surface area contributed by atoms with Crippen LogP contribution in [0.2, 0.25) is 0 Å². The number of ether oxygens (including phenoxy) is 1. The summed E-state index contributed by atoms with van der Waals surface area (Å²) in [6.45, 7) is 10.8. The van der Waals surface area contributed by atoms with Crippen LogP contribution < -0.4 is 10.1 Å². The van der Waals surface area contributed by atoms with E-state index in [-0.39, 0.29) is 11.1 Å². The number of aliphatic hydroxyl groups is 1. The number of nitrogens with zero attached hydrogens (tertiary/aromatic N) is 3. The lowest BCUT2D eigenvalue weighted by atomic mass is 9.79. The van der Waals surface area contributed by atoms with Crippen LogP contribution in [0.15, 0.2) is 54.7 Å². The lowest BCUT2D eigenvalue weighted by Gasteiger charge is -2.49. The molecule has 2 aromatic heterocycles. The largest absolute Gasteiger partial charge is 0.497 e. The number of aromatic nitrogens is 2. The number of carboxylic acids is 3. The number of fused-ring (bicyclic) bond motifs is 1. The van der Waals surface area contributed by atoms with Crippen molar-refractivity contribution >= 4 is 28.8 Å². The van der Waals surface area contributed by atoms with Crippen LogP contribution in [0.1, 0.15) is 64.8 Å². The molecule has 1 aliphatic rings. The van der Waals surface area contributed by atoms with Crippen molar-refractivity contribution in [2.75, 3.05) is 7.11 Å². The highest BCUT2D eigenvalue weighted by molar-refractivity contribution is 5.88. The van der Waals surface area contributed by atoms with E-state index in [4.69, 9.17) is 30.1 Å². The molecule has 1 fully saturated rings. The molecule has 0 amide bonds. The van der Waals surface area contributed by atoms with Gasteiger partial charge in [0.05, 0.1) is 36.9 Å². The van der Waals surface area contributed by atoms with Crippen molar-refractivity contribution in [3.63, 3.8) is 0 Å². The van der Waals surface area contributed by atoms with Crippen molar-refractivity contribution in [2.45, 2.75) is 89.2 Å². The Hall–Kier alpha value is -4.13. The predicted molar refractivity (Wildman–Crippen MR) is 163 cm³/mol. The first kappa shape index (κ1) is 34.4. The first-order valence-electron chi connectivity index (χ1n) is 14.3. The number of nitrogens with one attached hydrogen (secondary N) is 1. The quantitative estimate of drug-likeness (QED) is 0.213. The zero-order chi connectivity index (χ0) is 32.7. The summed E-state index contributed by atoms with van der Waals surface area (Å²) in [5.41, 5.74) is 0.620. The van der Waals surface area contributed by atoms with Crippen LogP contribution in [-0.4, -0.2) is 83.0 Å². The summed E-state index contributed by atoms with van der Waals surface area (Å²) in [5, 5.41) is 38.7. The molecule has 0 radical (unpaired) electrons. The lowest BCUT2D eigenvalue weighted by Crippen LogP contribution is -2.62. The number of pyridine rings is 2. The second kappa shape index (κ2) is 14.1. The Bertz CT molecular complexity index is 1430. The average molecular weight is 611 g/mol. The van der Waals surface area contributed by atoms with Gasteiger partial charge in [-0.1, -0.05) is 12.1 Å². The molecule has 5 N–H and O–H groups in total. The number of hydrogen-bond donors (Lipinski definition) is 5. The van der Waals surface area contributed by atoms with E-state index in [1.165, 1.54) is 0 Å². The number of methoxy groups -OCH3 is 1. The van der Waals surface area contributed by atoms with Gasteiger partial charge < -0.3 is 30.5 Å². The van der Waals surface area contributed by atoms with E-state index in [1.54, 1.807) is 7.11 Å². The molecule has 0 saturated carbocycles. The zero-order valence-corrected chi connectivity index (χ0v) is 25.8. The average Bonchev–Trinajstić information content (AvgIpc) is 2.90. The van der Waals surface area contributed by atoms with E-state index < -0.39 is 36.4 Å². The van der Waals surface area contributed by atoms with Crippen LogP contribution in [0.4, 0.5) is 0 Å². The molecule has 3 aromatic rings. The fourth-order valence-corrected chi connectivity index (χ4v) is 5.82. The van der Waals surface area contributed by atoms with E-state index >= 15 is 0 Å². The standard InChI is InChI=1S/C26H34N4O.C6H8O7/c1-25(2)15-22(16-26(3,4)29-25)30(17-20-8-6-7-13-27-20)18-21-10-9-19-14-23(31-5)11-12-24(19)28-21;7-3(8)1-6(13,5(11)12)2-4(9)10/h6-14,22,29H,15-18H2,1-5H3;13H,1-2H2,(H,7,8)(H,9,10)(H,11,12). The molecule has 12 nitrogen and oxygen atoms in total. The molecule has 1 saturated heterocycles. The maximum atomic E-state index is 10.3. The fraction of sp³-hybridized carbons (Fsp3) is 0.469. The normalized spacial score (nSPS) is 16.2. The van der Waals surface area contributed by atoms with Crippen molar-refractivity contribution in [3.05, 3.63) is 66.1 Å². The highest BCUT2D eigenvalue weighted by atomic mass is 16.5. The number of aliphatic carboxylic acids is 3. The van der Waals surface area contributed by atoms with E-state index in [0.29, 0.717) is 6.04 Å². The van der Waals surface area contributed by atoms with Crippen LogP contribution in [0, 0.1) is 0 Å². The lowest BCUT2D eigenvalue weighted by molar-refractivity contribution is -0.170. The van der Waals surface area contributed by atoms with E-state index in [0.717, 1.165) is 54.0 Å². The van der Waals surface area contributed by atoms with Gasteiger partial charge in [0, 0.05) is 41.8 Å². The molecular weight excluding hydrogens is 568 g/mol. The van der Waals surface area contributed by atoms with Crippen LogP contribution in [0.25, 0.3) is 10.9 Å². The van der Waals surface area contributed by atoms with Crippen molar-refractivity contribution in [1.29, 1.82) is 0 Å². The van der Waals surface area contributed by atoms with Crippen molar-refractivity contribution in [1.82, 2.24) is 20.2 Å². The molecule has 1 aromatic carbocycles. The van der Waals surface area contributed by atoms with Gasteiger partial charge in [-0.05, 0) is 76.9 Å². The van der Waals surface area contributed by atoms with Gasteiger partial charge in [0.15, 0.2) is 5.60 Å². The molecule has 4 rings (SSSR count). The summed E-state index contributed by atoms with van der Waals surface area (Å²) in [4.78, 5) is 42.6. The second-order valence-corrected chi connectivity index (χ2v) is 12.5. The Morgan fingerprint density at radius 2 is 1.55 bits per heavy atom. The molecular formula is C32H42N4O8. The predicted octanol–water partition coefficient (Wildman–Crippen LogP) is 3.70. The second-order valence-electron chi connectivity index (χ2n) is 12.5. The third kappa shape index (κ3) is 9.97. The summed E-state index contributed by atoms with van der Waals surface area (Å²) >= 11 is 0. The van der Waals surface area contributed by atoms with Crippen molar-refractivity contribution < 1.29 is 39.5 Å². The first-order valence-corrected chi connectivity index (χ1v) is 14.3. The fourth-order valence-electron chi connectivity index (χ4n) is 5.82. The van der Waals surface area contributed by atoms with E-state index in [1.807, 2.05) is 30.5 Å². The van der Waals surface area contributed by atoms with Gasteiger partial charge in [-0.2, -0.15) is 0 Å². The van der Waals surface area contributed by atoms with Crippen LogP contribution >= 0.6 is 0 Å². The Labute approximate surface area is 256 Å². The van der Waals surface area contributed by atoms with Gasteiger partial charge in [0.25, 0.3) is 0 Å². The molecule has 3 heterocycles. The summed E-state index contributed by atoms with van der Waals surface area (Å²) in [6.07, 6.45) is 1.77. The van der Waals surface area contributed by atoms with Crippen LogP contribution in [-0.2, 0) is 27.5 Å². The third-order valence-electron chi connectivity index (χ3n) is 7.38. The molecule has 44 heavy (non-hydrogen) atoms. The van der Waals surface area contributed by atoms with Gasteiger partial charge in [-0.15, -0.1) is 0 Å². The molecule has 0 bridgehead atoms. The van der Waals surface area contributed by atoms with Gasteiger partial charge in [0.1, 0.15) is 5.75 Å². The first-order chi connectivity index (χ1) is 20.5. The minimum absolute atomic E-state index is 0.0855. The topological polar surface area (TPSA) is 182 Å². The minimum Gasteiger partial charge on any atom is -0.497 e. The molecule has 0 atom stereocenters. The zero-order valence-electron chi connectivity index (χ0n) is 25.8. The van der Waals surface area contributed by atoms with Crippen molar-refractivity contribution in [2.24, 2.45) is 0 Å². The number of hydrogen-bond acceptors (Lipinski definition) is 9. The molecule has 0 unspecified atom stereocenters. The third-order valence-corrected chi connectivity index (χ3v) is 7.38. The molecule has 238 valence electrons. The number of benzene rings is 1. The monoisotopic (exact) mass is 610 g/mol. The molecule has 0 spiro atoms. The van der Waals surface area contributed by atoms with Crippen molar-refractivity contribution in [3.8, 4) is 5.75 Å². The Balaban J connectivity index is 0.000000345. The highest BCUT2D eigenvalue weighted by Crippen LogP contribution is 2.33. The smallest absolute Gasteiger partial charge is 0.336 e. The minimum atomic E-state index is -2.74. The Morgan fingerprint density at radius 3 is 2.07 bits per heavy atom. The van der Waals surface area contributed by atoms with E-state index in [9.17, 15) is 14.4 Å². The maximum absolute atomic E-state index is 10.3. The summed E-state index contributed by atoms with van der Waals surface area (Å²) in [7, 11) is 1.69. The van der Waals surface area contributed by atoms with Gasteiger partial charge >= 0.3 is 17.9 Å². The number of carboxylic acid groups (broad SMARTS) is 3. The van der Waals surface area contributed by atoms with Gasteiger partial charge in [-0.3, -0.25) is 24.5 Å². The maximum Gasteiger partial charge on any atom is 0.336 e. The molecule has 0 aliphatic carbocycles. The van der Waals surface area contributed by atoms with Crippen LogP contribution in [0.3, 0.4) is 0 Å². The SMILES string of the molecule is COc1ccc2nc(CN(Cc3ccccn3)C3CC(C)(C)NC(C)(C)C3)ccc2c1.O=C(O)CC(O)(CC(=O)O)C(=O)O. The van der Waals surface area contributed by atoms with E-state index in [2.05, 4.69) is 67.2 Å². The molecule has 1 aliphatic heterocycles. The van der Waals surface area contributed by atoms with Crippen LogP contribution in [0.5, 0.6) is 5.75 Å². The molecule has 12 heteroatoms. The summed E-state index contributed by atoms with van der Waals surface area (Å²) in [5.74, 6) is -4.16. The number of carbonyl (C=O) groups is 3. The van der Waals surface area contributed by atoms with Gasteiger partial charge in [-0.25, -0.2) is 4.79 Å². The summed E-state index contributed by atoms with van der Waals surface area (Å²) < 4.78 is 5.35. The van der Waals surface area contributed by atoms with Gasteiger partial charge in [0.2, 0.25) is 0 Å². The number of piperidine rings is 1.